The summed E-state index contributed by atoms with van der Waals surface area (Å²) in [5, 5.41) is 11.2. The van der Waals surface area contributed by atoms with Crippen LogP contribution in [0.3, 0.4) is 0 Å². The first kappa shape index (κ1) is 17.5. The molecule has 0 aliphatic carbocycles. The highest BCUT2D eigenvalue weighted by Crippen LogP contribution is 2.16. The molecule has 1 rings (SSSR count). The Labute approximate surface area is 126 Å². The lowest BCUT2D eigenvalue weighted by molar-refractivity contribution is 0.316. The van der Waals surface area contributed by atoms with Crippen LogP contribution >= 0.6 is 0 Å². The number of oxime groups is 1. The van der Waals surface area contributed by atoms with Gasteiger partial charge in [0.1, 0.15) is 5.84 Å². The van der Waals surface area contributed by atoms with Gasteiger partial charge in [-0.2, -0.15) is 0 Å². The van der Waals surface area contributed by atoms with Gasteiger partial charge in [-0.05, 0) is 24.3 Å². The van der Waals surface area contributed by atoms with Crippen molar-refractivity contribution in [2.75, 3.05) is 12.3 Å². The van der Waals surface area contributed by atoms with Crippen molar-refractivity contribution in [3.8, 4) is 0 Å². The van der Waals surface area contributed by atoms with E-state index in [1.807, 2.05) is 37.3 Å². The maximum atomic E-state index is 12.0. The van der Waals surface area contributed by atoms with E-state index in [0.717, 1.165) is 5.56 Å². The Morgan fingerprint density at radius 1 is 1.33 bits per heavy atom. The number of hydrogen-bond donors (Lipinski definition) is 3. The van der Waals surface area contributed by atoms with Crippen molar-refractivity contribution in [1.82, 2.24) is 4.72 Å². The van der Waals surface area contributed by atoms with E-state index in [9.17, 15) is 8.42 Å². The molecule has 1 aromatic carbocycles. The predicted molar refractivity (Wildman–Crippen MR) is 83.9 cm³/mol. The first-order valence-corrected chi connectivity index (χ1v) is 8.58. The summed E-state index contributed by atoms with van der Waals surface area (Å²) in [6.45, 7) is 2.26. The third kappa shape index (κ3) is 7.10. The molecule has 0 aliphatic rings. The zero-order chi connectivity index (χ0) is 15.7. The summed E-state index contributed by atoms with van der Waals surface area (Å²) in [6.07, 6.45) is 1.78. The average Bonchev–Trinajstić information content (AvgIpc) is 2.47. The summed E-state index contributed by atoms with van der Waals surface area (Å²) >= 11 is 0. The van der Waals surface area contributed by atoms with E-state index in [4.69, 9.17) is 10.9 Å². The van der Waals surface area contributed by atoms with Gasteiger partial charge >= 0.3 is 0 Å². The normalized spacial score (nSPS) is 14.0. The molecule has 0 saturated carbocycles. The number of unbranched alkanes of at least 4 members (excludes halogenated alkanes) is 1. The third-order valence-corrected chi connectivity index (χ3v) is 4.73. The second-order valence-corrected chi connectivity index (χ2v) is 6.89. The average molecular weight is 313 g/mol. The van der Waals surface area contributed by atoms with Crippen LogP contribution in [-0.2, 0) is 10.0 Å². The minimum atomic E-state index is -3.30. The molecule has 1 aromatic rings. The van der Waals surface area contributed by atoms with Gasteiger partial charge in [-0.3, -0.25) is 0 Å². The SMILES string of the molecule is CC(CS(=O)(=O)NCCCC/C(N)=N/O)c1ccccc1. The van der Waals surface area contributed by atoms with Crippen molar-refractivity contribution in [3.63, 3.8) is 0 Å². The first-order valence-electron chi connectivity index (χ1n) is 6.93. The standard InChI is InChI=1S/C14H23N3O3S/c1-12(13-7-3-2-4-8-13)11-21(19,20)16-10-6-5-9-14(15)17-18/h2-4,7-8,12,16,18H,5-6,9-11H2,1H3,(H2,15,17). The number of nitrogens with zero attached hydrogens (tertiary/aromatic N) is 1. The third-order valence-electron chi connectivity index (χ3n) is 3.15. The molecule has 0 saturated heterocycles. The molecule has 7 heteroatoms. The van der Waals surface area contributed by atoms with Crippen LogP contribution in [0.2, 0.25) is 0 Å². The minimum Gasteiger partial charge on any atom is -0.409 e. The number of benzene rings is 1. The molecular weight excluding hydrogens is 290 g/mol. The monoisotopic (exact) mass is 313 g/mol. The maximum Gasteiger partial charge on any atom is 0.212 e. The quantitative estimate of drug-likeness (QED) is 0.212. The molecule has 0 fully saturated rings. The van der Waals surface area contributed by atoms with Crippen molar-refractivity contribution >= 4 is 15.9 Å². The van der Waals surface area contributed by atoms with E-state index in [0.29, 0.717) is 25.8 Å². The van der Waals surface area contributed by atoms with Crippen molar-refractivity contribution in [2.45, 2.75) is 32.1 Å². The van der Waals surface area contributed by atoms with Crippen LogP contribution in [0.25, 0.3) is 0 Å². The predicted octanol–water partition coefficient (Wildman–Crippen LogP) is 1.63. The van der Waals surface area contributed by atoms with Crippen molar-refractivity contribution in [3.05, 3.63) is 35.9 Å². The molecule has 0 bridgehead atoms. The van der Waals surface area contributed by atoms with Crippen LogP contribution in [0, 0.1) is 0 Å². The van der Waals surface area contributed by atoms with Gasteiger partial charge in [0.2, 0.25) is 10.0 Å². The molecule has 0 aliphatic heterocycles. The smallest absolute Gasteiger partial charge is 0.212 e. The molecule has 6 nitrogen and oxygen atoms in total. The largest absolute Gasteiger partial charge is 0.409 e. The fourth-order valence-corrected chi connectivity index (χ4v) is 3.40. The number of rotatable bonds is 9. The molecule has 1 unspecified atom stereocenters. The van der Waals surface area contributed by atoms with Gasteiger partial charge in [0.05, 0.1) is 5.75 Å². The molecule has 0 amide bonds. The molecule has 4 N–H and O–H groups in total. The Balaban J connectivity index is 2.34. The maximum absolute atomic E-state index is 12.0. The molecule has 118 valence electrons. The molecule has 0 spiro atoms. The van der Waals surface area contributed by atoms with Gasteiger partial charge < -0.3 is 10.9 Å². The van der Waals surface area contributed by atoms with Crippen LogP contribution in [-0.4, -0.2) is 31.8 Å². The van der Waals surface area contributed by atoms with Crippen LogP contribution in [0.15, 0.2) is 35.5 Å². The highest BCUT2D eigenvalue weighted by Gasteiger charge is 2.16. The highest BCUT2D eigenvalue weighted by atomic mass is 32.2. The fraction of sp³-hybridized carbons (Fsp3) is 0.500. The lowest BCUT2D eigenvalue weighted by atomic mass is 10.0. The van der Waals surface area contributed by atoms with Gasteiger partial charge in [-0.15, -0.1) is 0 Å². The van der Waals surface area contributed by atoms with Crippen LogP contribution in [0.5, 0.6) is 0 Å². The number of amidine groups is 1. The van der Waals surface area contributed by atoms with Gasteiger partial charge in [0, 0.05) is 13.0 Å². The molecule has 1 atom stereocenters. The number of nitrogens with one attached hydrogen (secondary N) is 1. The Kier molecular flexibility index (Phi) is 7.18. The van der Waals surface area contributed by atoms with Crippen LogP contribution in [0.4, 0.5) is 0 Å². The zero-order valence-corrected chi connectivity index (χ0v) is 13.0. The Morgan fingerprint density at radius 3 is 2.62 bits per heavy atom. The van der Waals surface area contributed by atoms with E-state index < -0.39 is 10.0 Å². The summed E-state index contributed by atoms with van der Waals surface area (Å²) in [7, 11) is -3.30. The van der Waals surface area contributed by atoms with E-state index in [-0.39, 0.29) is 17.5 Å². The molecular formula is C14H23N3O3S. The number of sulfonamides is 1. The Hall–Kier alpha value is -1.60. The van der Waals surface area contributed by atoms with E-state index >= 15 is 0 Å². The topological polar surface area (TPSA) is 105 Å². The Morgan fingerprint density at radius 2 is 2.00 bits per heavy atom. The van der Waals surface area contributed by atoms with E-state index in [1.54, 1.807) is 0 Å². The fourth-order valence-electron chi connectivity index (χ4n) is 1.97. The summed E-state index contributed by atoms with van der Waals surface area (Å²) in [5.74, 6) is 0.175. The number of nitrogens with two attached hydrogens (primary N) is 1. The van der Waals surface area contributed by atoms with E-state index in [2.05, 4.69) is 9.88 Å². The summed E-state index contributed by atoms with van der Waals surface area (Å²) in [5.41, 5.74) is 6.34. The van der Waals surface area contributed by atoms with Gasteiger partial charge in [0.25, 0.3) is 0 Å². The van der Waals surface area contributed by atoms with Gasteiger partial charge in [-0.25, -0.2) is 13.1 Å². The van der Waals surface area contributed by atoms with Gasteiger partial charge in [-0.1, -0.05) is 42.4 Å². The summed E-state index contributed by atoms with van der Waals surface area (Å²) in [6, 6.07) is 9.57. The van der Waals surface area contributed by atoms with Crippen molar-refractivity contribution in [2.24, 2.45) is 10.9 Å². The van der Waals surface area contributed by atoms with Crippen LogP contribution in [0.1, 0.15) is 37.7 Å². The van der Waals surface area contributed by atoms with Crippen molar-refractivity contribution in [1.29, 1.82) is 0 Å². The summed E-state index contributed by atoms with van der Waals surface area (Å²) < 4.78 is 26.5. The second-order valence-electron chi connectivity index (χ2n) is 5.04. The highest BCUT2D eigenvalue weighted by molar-refractivity contribution is 7.89. The van der Waals surface area contributed by atoms with E-state index in [1.165, 1.54) is 0 Å². The molecule has 0 aromatic heterocycles. The lowest BCUT2D eigenvalue weighted by Crippen LogP contribution is -2.29. The molecule has 0 heterocycles. The minimum absolute atomic E-state index is 0.0548. The molecule has 0 radical (unpaired) electrons. The van der Waals surface area contributed by atoms with Crippen molar-refractivity contribution < 1.29 is 13.6 Å². The lowest BCUT2D eigenvalue weighted by Gasteiger charge is -2.13. The van der Waals surface area contributed by atoms with Gasteiger partial charge in [0.15, 0.2) is 0 Å². The number of hydrogen-bond acceptors (Lipinski definition) is 4. The second kappa shape index (κ2) is 8.63. The zero-order valence-electron chi connectivity index (χ0n) is 12.2. The molecule has 21 heavy (non-hydrogen) atoms. The summed E-state index contributed by atoms with van der Waals surface area (Å²) in [4.78, 5) is 0. The Bertz CT molecular complexity index is 544. The van der Waals surface area contributed by atoms with Crippen LogP contribution < -0.4 is 10.5 Å². The first-order chi connectivity index (χ1) is 9.94.